The predicted molar refractivity (Wildman–Crippen MR) is 70.7 cm³/mol. The zero-order chi connectivity index (χ0) is 14.7. The number of morpholine rings is 1. The normalized spacial score (nSPS) is 18.9. The van der Waals surface area contributed by atoms with Gasteiger partial charge >= 0.3 is 5.97 Å². The molecule has 1 saturated heterocycles. The highest BCUT2D eigenvalue weighted by Crippen LogP contribution is 2.20. The Morgan fingerprint density at radius 1 is 1.45 bits per heavy atom. The number of carbonyl (C=O) groups excluding carboxylic acids is 1. The Morgan fingerprint density at radius 2 is 2.20 bits per heavy atom. The van der Waals surface area contributed by atoms with Gasteiger partial charge in [0.2, 0.25) is 0 Å². The third kappa shape index (κ3) is 3.27. The van der Waals surface area contributed by atoms with Crippen molar-refractivity contribution in [1.29, 1.82) is 0 Å². The van der Waals surface area contributed by atoms with E-state index in [0.29, 0.717) is 24.3 Å². The highest BCUT2D eigenvalue weighted by Gasteiger charge is 2.26. The molecule has 1 unspecified atom stereocenters. The van der Waals surface area contributed by atoms with E-state index in [9.17, 15) is 14.7 Å². The second-order valence-electron chi connectivity index (χ2n) is 4.84. The van der Waals surface area contributed by atoms with Crippen molar-refractivity contribution in [2.45, 2.75) is 19.4 Å². The van der Waals surface area contributed by atoms with Crippen LogP contribution >= 0.6 is 0 Å². The summed E-state index contributed by atoms with van der Waals surface area (Å²) in [5, 5.41) is 18.4. The molecule has 1 aliphatic rings. The van der Waals surface area contributed by atoms with Gasteiger partial charge in [-0.15, -0.1) is 0 Å². The fourth-order valence-corrected chi connectivity index (χ4v) is 2.15. The average molecular weight is 279 g/mol. The number of aryl methyl sites for hydroxylation is 1. The van der Waals surface area contributed by atoms with Gasteiger partial charge in [-0.3, -0.25) is 9.59 Å². The van der Waals surface area contributed by atoms with Gasteiger partial charge in [0.1, 0.15) is 5.75 Å². The van der Waals surface area contributed by atoms with Crippen LogP contribution in [0.3, 0.4) is 0 Å². The number of rotatable bonds is 3. The number of hydrogen-bond donors (Lipinski definition) is 2. The van der Waals surface area contributed by atoms with Crippen molar-refractivity contribution < 1.29 is 24.5 Å². The topological polar surface area (TPSA) is 87.1 Å². The Balaban J connectivity index is 2.08. The van der Waals surface area contributed by atoms with Crippen LogP contribution in [0.2, 0.25) is 0 Å². The van der Waals surface area contributed by atoms with E-state index >= 15 is 0 Å². The van der Waals surface area contributed by atoms with Crippen LogP contribution in [0, 0.1) is 6.92 Å². The van der Waals surface area contributed by atoms with Gasteiger partial charge in [0, 0.05) is 18.7 Å². The number of phenols is 1. The monoisotopic (exact) mass is 279 g/mol. The quantitative estimate of drug-likeness (QED) is 0.862. The summed E-state index contributed by atoms with van der Waals surface area (Å²) < 4.78 is 5.32. The zero-order valence-electron chi connectivity index (χ0n) is 11.2. The number of benzene rings is 1. The standard InChI is InChI=1S/C14H17NO5/c1-9-2-3-10(6-12(9)16)14(19)15-4-5-20-11(8-15)7-13(17)18/h2-3,6,11,16H,4-5,7-8H2,1H3,(H,17,18). The largest absolute Gasteiger partial charge is 0.508 e. The highest BCUT2D eigenvalue weighted by atomic mass is 16.5. The predicted octanol–water partition coefficient (Wildman–Crippen LogP) is 1.02. The van der Waals surface area contributed by atoms with Gasteiger partial charge < -0.3 is 19.8 Å². The summed E-state index contributed by atoms with van der Waals surface area (Å²) >= 11 is 0. The SMILES string of the molecule is Cc1ccc(C(=O)N2CCOC(CC(=O)O)C2)cc1O. The molecule has 20 heavy (non-hydrogen) atoms. The fraction of sp³-hybridized carbons (Fsp3) is 0.429. The number of phenolic OH excluding ortho intramolecular Hbond substituents is 1. The first-order valence-corrected chi connectivity index (χ1v) is 6.39. The molecule has 1 aliphatic heterocycles. The molecule has 2 rings (SSSR count). The number of amides is 1. The lowest BCUT2D eigenvalue weighted by molar-refractivity contribution is -0.141. The minimum atomic E-state index is -0.947. The minimum absolute atomic E-state index is 0.0752. The van der Waals surface area contributed by atoms with Crippen LogP contribution in [-0.2, 0) is 9.53 Å². The van der Waals surface area contributed by atoms with E-state index in [1.54, 1.807) is 24.0 Å². The number of carboxylic acids is 1. The van der Waals surface area contributed by atoms with Crippen molar-refractivity contribution in [2.75, 3.05) is 19.7 Å². The van der Waals surface area contributed by atoms with Gasteiger partial charge in [-0.2, -0.15) is 0 Å². The Kier molecular flexibility index (Phi) is 4.24. The molecular formula is C14H17NO5. The van der Waals surface area contributed by atoms with Crippen LogP contribution in [-0.4, -0.2) is 52.8 Å². The van der Waals surface area contributed by atoms with E-state index in [-0.39, 0.29) is 24.6 Å². The maximum Gasteiger partial charge on any atom is 0.306 e. The first-order valence-electron chi connectivity index (χ1n) is 6.39. The number of carbonyl (C=O) groups is 2. The van der Waals surface area contributed by atoms with E-state index in [1.807, 2.05) is 0 Å². The average Bonchev–Trinajstić information content (AvgIpc) is 2.40. The molecule has 108 valence electrons. The van der Waals surface area contributed by atoms with Crippen LogP contribution in [0.25, 0.3) is 0 Å². The third-order valence-corrected chi connectivity index (χ3v) is 3.28. The Labute approximate surface area is 116 Å². The van der Waals surface area contributed by atoms with Gasteiger partial charge in [0.15, 0.2) is 0 Å². The van der Waals surface area contributed by atoms with Crippen molar-refractivity contribution in [3.05, 3.63) is 29.3 Å². The molecule has 1 aromatic carbocycles. The van der Waals surface area contributed by atoms with Gasteiger partial charge in [0.05, 0.1) is 19.1 Å². The zero-order valence-corrected chi connectivity index (χ0v) is 11.2. The molecule has 1 atom stereocenters. The maximum atomic E-state index is 12.3. The molecule has 1 amide bonds. The molecule has 0 bridgehead atoms. The summed E-state index contributed by atoms with van der Waals surface area (Å²) in [6, 6.07) is 4.76. The van der Waals surface area contributed by atoms with E-state index in [0.717, 1.165) is 0 Å². The maximum absolute atomic E-state index is 12.3. The Morgan fingerprint density at radius 3 is 2.85 bits per heavy atom. The van der Waals surface area contributed by atoms with Crippen LogP contribution in [0.5, 0.6) is 5.75 Å². The number of nitrogens with zero attached hydrogens (tertiary/aromatic N) is 1. The van der Waals surface area contributed by atoms with E-state index in [2.05, 4.69) is 0 Å². The summed E-state index contributed by atoms with van der Waals surface area (Å²) in [5.41, 5.74) is 1.09. The molecule has 2 N–H and O–H groups in total. The number of carboxylic acid groups (broad SMARTS) is 1. The first kappa shape index (κ1) is 14.3. The van der Waals surface area contributed by atoms with Crippen molar-refractivity contribution in [2.24, 2.45) is 0 Å². The van der Waals surface area contributed by atoms with E-state index in [1.165, 1.54) is 6.07 Å². The van der Waals surface area contributed by atoms with Gasteiger partial charge in [-0.05, 0) is 24.6 Å². The van der Waals surface area contributed by atoms with Crippen LogP contribution in [0.15, 0.2) is 18.2 Å². The number of aromatic hydroxyl groups is 1. The highest BCUT2D eigenvalue weighted by molar-refractivity contribution is 5.94. The van der Waals surface area contributed by atoms with Gasteiger partial charge in [0.25, 0.3) is 5.91 Å². The Hall–Kier alpha value is -2.08. The third-order valence-electron chi connectivity index (χ3n) is 3.28. The minimum Gasteiger partial charge on any atom is -0.508 e. The lowest BCUT2D eigenvalue weighted by Gasteiger charge is -2.32. The first-order chi connectivity index (χ1) is 9.47. The smallest absolute Gasteiger partial charge is 0.306 e. The van der Waals surface area contributed by atoms with Crippen molar-refractivity contribution in [3.63, 3.8) is 0 Å². The molecule has 6 nitrogen and oxygen atoms in total. The number of hydrogen-bond acceptors (Lipinski definition) is 4. The molecule has 0 saturated carbocycles. The van der Waals surface area contributed by atoms with Crippen LogP contribution < -0.4 is 0 Å². The van der Waals surface area contributed by atoms with E-state index < -0.39 is 12.1 Å². The van der Waals surface area contributed by atoms with Crippen molar-refractivity contribution in [3.8, 4) is 5.75 Å². The molecule has 0 spiro atoms. The summed E-state index contributed by atoms with van der Waals surface area (Å²) in [7, 11) is 0. The molecule has 1 fully saturated rings. The molecule has 0 aliphatic carbocycles. The van der Waals surface area contributed by atoms with Crippen LogP contribution in [0.1, 0.15) is 22.3 Å². The summed E-state index contributed by atoms with van der Waals surface area (Å²) in [6.45, 7) is 2.74. The Bertz CT molecular complexity index is 528. The summed E-state index contributed by atoms with van der Waals surface area (Å²) in [4.78, 5) is 24.5. The molecule has 1 heterocycles. The summed E-state index contributed by atoms with van der Waals surface area (Å²) in [5.74, 6) is -1.09. The van der Waals surface area contributed by atoms with Gasteiger partial charge in [-0.25, -0.2) is 0 Å². The molecular weight excluding hydrogens is 262 g/mol. The second kappa shape index (κ2) is 5.92. The molecule has 0 radical (unpaired) electrons. The molecule has 6 heteroatoms. The number of aliphatic carboxylic acids is 1. The number of ether oxygens (including phenoxy) is 1. The van der Waals surface area contributed by atoms with Crippen LogP contribution in [0.4, 0.5) is 0 Å². The summed E-state index contributed by atoms with van der Waals surface area (Å²) in [6.07, 6.45) is -0.604. The lowest BCUT2D eigenvalue weighted by Crippen LogP contribution is -2.46. The van der Waals surface area contributed by atoms with Gasteiger partial charge in [-0.1, -0.05) is 6.07 Å². The fourth-order valence-electron chi connectivity index (χ4n) is 2.15. The van der Waals surface area contributed by atoms with Crippen molar-refractivity contribution >= 4 is 11.9 Å². The molecule has 0 aromatic heterocycles. The lowest BCUT2D eigenvalue weighted by atomic mass is 10.1. The van der Waals surface area contributed by atoms with Crippen molar-refractivity contribution in [1.82, 2.24) is 4.90 Å². The molecule has 1 aromatic rings. The second-order valence-corrected chi connectivity index (χ2v) is 4.84. The van der Waals surface area contributed by atoms with E-state index in [4.69, 9.17) is 9.84 Å².